The lowest BCUT2D eigenvalue weighted by atomic mass is 10.1. The Hall–Kier alpha value is -5.90. The van der Waals surface area contributed by atoms with Crippen molar-refractivity contribution in [2.24, 2.45) is 0 Å². The highest BCUT2D eigenvalue weighted by molar-refractivity contribution is 7.26. The van der Waals surface area contributed by atoms with Gasteiger partial charge >= 0.3 is 0 Å². The minimum absolute atomic E-state index is 0.542. The Morgan fingerprint density at radius 3 is 2.24 bits per heavy atom. The zero-order valence-electron chi connectivity index (χ0n) is 24.7. The lowest BCUT2D eigenvalue weighted by molar-refractivity contribution is 1.01. The molecule has 3 heterocycles. The monoisotopic (exact) mass is 607 g/mol. The first-order valence-electron chi connectivity index (χ1n) is 15.3. The molecule has 0 bridgehead atoms. The van der Waals surface area contributed by atoms with Gasteiger partial charge in [0.15, 0.2) is 17.5 Å². The first-order chi connectivity index (χ1) is 22.8. The van der Waals surface area contributed by atoms with Gasteiger partial charge in [0.05, 0.1) is 22.3 Å². The molecule has 9 rings (SSSR count). The number of fused-ring (bicyclic) bond motifs is 7. The van der Waals surface area contributed by atoms with Gasteiger partial charge in [0.2, 0.25) is 0 Å². The number of nitriles is 1. The van der Waals surface area contributed by atoms with E-state index in [-0.39, 0.29) is 0 Å². The first-order valence-corrected chi connectivity index (χ1v) is 16.2. The Morgan fingerprint density at radius 1 is 0.652 bits per heavy atom. The summed E-state index contributed by atoms with van der Waals surface area (Å²) in [5, 5.41) is 15.4. The number of rotatable bonds is 4. The van der Waals surface area contributed by atoms with Crippen LogP contribution < -0.4 is 0 Å². The zero-order chi connectivity index (χ0) is 30.6. The van der Waals surface area contributed by atoms with Gasteiger partial charge in [-0.25, -0.2) is 15.0 Å². The molecule has 8 aromatic rings. The van der Waals surface area contributed by atoms with Crippen molar-refractivity contribution in [3.05, 3.63) is 139 Å². The van der Waals surface area contributed by atoms with E-state index >= 15 is 0 Å². The van der Waals surface area contributed by atoms with Crippen LogP contribution in [0.5, 0.6) is 0 Å². The van der Waals surface area contributed by atoms with Crippen LogP contribution in [-0.2, 0) is 0 Å². The molecule has 5 aromatic carbocycles. The summed E-state index contributed by atoms with van der Waals surface area (Å²) in [7, 11) is 0. The van der Waals surface area contributed by atoms with Gasteiger partial charge in [-0.05, 0) is 49.2 Å². The smallest absolute Gasteiger partial charge is 0.164 e. The van der Waals surface area contributed by atoms with Gasteiger partial charge in [-0.1, -0.05) is 91.0 Å². The highest BCUT2D eigenvalue weighted by Crippen LogP contribution is 2.43. The highest BCUT2D eigenvalue weighted by Gasteiger charge is 2.21. The maximum Gasteiger partial charge on any atom is 0.164 e. The van der Waals surface area contributed by atoms with Crippen molar-refractivity contribution in [3.8, 4) is 34.5 Å². The van der Waals surface area contributed by atoms with Crippen LogP contribution in [0.3, 0.4) is 0 Å². The second-order valence-electron chi connectivity index (χ2n) is 11.4. The Morgan fingerprint density at radius 2 is 1.41 bits per heavy atom. The van der Waals surface area contributed by atoms with E-state index in [1.165, 1.54) is 25.6 Å². The molecule has 3 aromatic heterocycles. The third-order valence-corrected chi connectivity index (χ3v) is 9.85. The Bertz CT molecular complexity index is 2600. The van der Waals surface area contributed by atoms with Crippen LogP contribution in [0.2, 0.25) is 0 Å². The molecule has 0 atom stereocenters. The molecule has 0 saturated heterocycles. The zero-order valence-corrected chi connectivity index (χ0v) is 25.5. The van der Waals surface area contributed by atoms with Gasteiger partial charge in [0.25, 0.3) is 0 Å². The van der Waals surface area contributed by atoms with Crippen LogP contribution in [-0.4, -0.2) is 19.5 Å². The summed E-state index contributed by atoms with van der Waals surface area (Å²) in [6, 6.07) is 39.9. The average Bonchev–Trinajstić information content (AvgIpc) is 3.67. The number of hydrogen-bond acceptors (Lipinski definition) is 5. The van der Waals surface area contributed by atoms with Crippen molar-refractivity contribution < 1.29 is 0 Å². The standard InChI is InChI=1S/C40H25N5S/c41-24-28-23-27(40-43-38(25-11-3-1-4-12-25)42-39(44-40)26-13-5-2-6-14-26)19-21-32(28)45-33-17-9-7-15-29(33)30-20-22-35-36(37(30)45)31-16-8-10-18-34(31)46-35/h1,3-5,7-23H,2,6H2. The fourth-order valence-electron chi connectivity index (χ4n) is 6.60. The molecule has 0 fully saturated rings. The van der Waals surface area contributed by atoms with Gasteiger partial charge in [-0.15, -0.1) is 11.3 Å². The molecular weight excluding hydrogens is 583 g/mol. The number of para-hydroxylation sites is 1. The highest BCUT2D eigenvalue weighted by atomic mass is 32.1. The minimum Gasteiger partial charge on any atom is -0.307 e. The maximum absolute atomic E-state index is 10.6. The largest absolute Gasteiger partial charge is 0.307 e. The number of allylic oxidation sites excluding steroid dienone is 4. The summed E-state index contributed by atoms with van der Waals surface area (Å²) in [4.78, 5) is 14.7. The lowest BCUT2D eigenvalue weighted by Gasteiger charge is -2.13. The summed E-state index contributed by atoms with van der Waals surface area (Å²) in [5.41, 5.74) is 6.24. The molecule has 0 saturated carbocycles. The molecule has 5 nitrogen and oxygen atoms in total. The van der Waals surface area contributed by atoms with E-state index < -0.39 is 0 Å². The SMILES string of the molecule is N#Cc1cc(-c2nc(C3=CCCC=C3)nc(-c3ccccc3)n2)ccc1-n1c2ccccc2c2ccc3sc4ccccc4c3c21. The topological polar surface area (TPSA) is 67.4 Å². The first kappa shape index (κ1) is 26.5. The fraction of sp³-hybridized carbons (Fsp3) is 0.0500. The second-order valence-corrected chi connectivity index (χ2v) is 12.5. The molecular formula is C40H25N5S. The summed E-state index contributed by atoms with van der Waals surface area (Å²) < 4.78 is 4.74. The van der Waals surface area contributed by atoms with Gasteiger partial charge in [-0.2, -0.15) is 5.26 Å². The quantitative estimate of drug-likeness (QED) is 0.200. The number of benzene rings is 5. The Balaban J connectivity index is 1.29. The third-order valence-electron chi connectivity index (χ3n) is 8.71. The fourth-order valence-corrected chi connectivity index (χ4v) is 7.71. The van der Waals surface area contributed by atoms with E-state index in [0.717, 1.165) is 51.6 Å². The predicted molar refractivity (Wildman–Crippen MR) is 189 cm³/mol. The van der Waals surface area contributed by atoms with Crippen LogP contribution in [0.1, 0.15) is 24.2 Å². The van der Waals surface area contributed by atoms with Crippen LogP contribution >= 0.6 is 11.3 Å². The normalized spacial score (nSPS) is 13.1. The molecule has 0 unspecified atom stereocenters. The van der Waals surface area contributed by atoms with E-state index in [0.29, 0.717) is 23.0 Å². The molecule has 216 valence electrons. The molecule has 0 amide bonds. The maximum atomic E-state index is 10.6. The average molecular weight is 608 g/mol. The molecule has 0 radical (unpaired) electrons. The lowest BCUT2D eigenvalue weighted by Crippen LogP contribution is -2.04. The van der Waals surface area contributed by atoms with Crippen molar-refractivity contribution in [2.45, 2.75) is 12.8 Å². The predicted octanol–water partition coefficient (Wildman–Crippen LogP) is 10.3. The molecule has 1 aliphatic rings. The van der Waals surface area contributed by atoms with E-state index in [2.05, 4.69) is 89.5 Å². The number of aromatic nitrogens is 4. The van der Waals surface area contributed by atoms with E-state index in [1.54, 1.807) is 11.3 Å². The Labute approximate surface area is 269 Å². The number of hydrogen-bond donors (Lipinski definition) is 0. The third kappa shape index (κ3) is 4.17. The second kappa shape index (κ2) is 10.6. The summed E-state index contributed by atoms with van der Waals surface area (Å²) >= 11 is 1.80. The van der Waals surface area contributed by atoms with Crippen LogP contribution in [0.4, 0.5) is 0 Å². The molecule has 0 N–H and O–H groups in total. The summed E-state index contributed by atoms with van der Waals surface area (Å²) in [6.45, 7) is 0. The van der Waals surface area contributed by atoms with E-state index in [1.807, 2.05) is 48.5 Å². The molecule has 1 aliphatic carbocycles. The molecule has 0 spiro atoms. The minimum atomic E-state index is 0.542. The van der Waals surface area contributed by atoms with Crippen molar-refractivity contribution in [3.63, 3.8) is 0 Å². The van der Waals surface area contributed by atoms with Crippen LogP contribution in [0.25, 0.3) is 76.0 Å². The molecule has 0 aliphatic heterocycles. The number of nitrogens with zero attached hydrogens (tertiary/aromatic N) is 5. The van der Waals surface area contributed by atoms with E-state index in [4.69, 9.17) is 15.0 Å². The van der Waals surface area contributed by atoms with Gasteiger partial charge in [0.1, 0.15) is 6.07 Å². The van der Waals surface area contributed by atoms with Crippen molar-refractivity contribution in [1.82, 2.24) is 19.5 Å². The van der Waals surface area contributed by atoms with Crippen LogP contribution in [0.15, 0.2) is 127 Å². The Kier molecular flexibility index (Phi) is 6.12. The number of thiophene rings is 1. The van der Waals surface area contributed by atoms with Crippen LogP contribution in [0, 0.1) is 11.3 Å². The molecule has 46 heavy (non-hydrogen) atoms. The van der Waals surface area contributed by atoms with Gasteiger partial charge in [0, 0.05) is 47.6 Å². The van der Waals surface area contributed by atoms with Crippen molar-refractivity contribution in [1.29, 1.82) is 5.26 Å². The summed E-state index contributed by atoms with van der Waals surface area (Å²) in [6.07, 6.45) is 8.37. The van der Waals surface area contributed by atoms with Crippen molar-refractivity contribution in [2.75, 3.05) is 0 Å². The molecule has 6 heteroatoms. The van der Waals surface area contributed by atoms with Crippen molar-refractivity contribution >= 4 is 58.9 Å². The van der Waals surface area contributed by atoms with Gasteiger partial charge in [-0.3, -0.25) is 0 Å². The summed E-state index contributed by atoms with van der Waals surface area (Å²) in [5.74, 6) is 1.79. The van der Waals surface area contributed by atoms with E-state index in [9.17, 15) is 5.26 Å². The van der Waals surface area contributed by atoms with Gasteiger partial charge < -0.3 is 4.57 Å².